The predicted molar refractivity (Wildman–Crippen MR) is 152 cm³/mol. The van der Waals surface area contributed by atoms with Gasteiger partial charge in [-0.3, -0.25) is 4.98 Å². The van der Waals surface area contributed by atoms with E-state index >= 15 is 0 Å². The van der Waals surface area contributed by atoms with Gasteiger partial charge in [0.25, 0.3) is 0 Å². The number of fused-ring (bicyclic) bond motifs is 3. The standard InChI is InChI=1S/C33H27NS/c1-22(2)19-23-17-18-34-31(20-23)30-10-6-9-29-28-16-15-27(21-32(28)35-33(29)30)26-13-11-25(12-14-26)24-7-4-3-5-8-24/h3-18,20-22H,19H2,1-2H3/i19D2. The molecule has 2 aromatic heterocycles. The fourth-order valence-corrected chi connectivity index (χ4v) is 5.93. The van der Waals surface area contributed by atoms with Gasteiger partial charge in [-0.2, -0.15) is 0 Å². The molecule has 0 saturated carbocycles. The van der Waals surface area contributed by atoms with Crippen LogP contribution in [0.3, 0.4) is 0 Å². The van der Waals surface area contributed by atoms with E-state index in [0.717, 1.165) is 11.3 Å². The van der Waals surface area contributed by atoms with Crippen molar-refractivity contribution in [1.82, 2.24) is 4.98 Å². The van der Waals surface area contributed by atoms with Crippen LogP contribution in [0.1, 0.15) is 22.2 Å². The Kier molecular flexibility index (Phi) is 5.10. The Hall–Kier alpha value is -3.75. The van der Waals surface area contributed by atoms with Crippen molar-refractivity contribution < 1.29 is 2.74 Å². The molecular formula is C33H27NS. The molecule has 0 atom stereocenters. The highest BCUT2D eigenvalue weighted by atomic mass is 32.1. The van der Waals surface area contributed by atoms with Crippen LogP contribution in [-0.4, -0.2) is 4.98 Å². The summed E-state index contributed by atoms with van der Waals surface area (Å²) >= 11 is 1.78. The molecule has 0 N–H and O–H groups in total. The molecule has 0 aliphatic heterocycles. The molecule has 6 aromatic rings. The zero-order valence-electron chi connectivity index (χ0n) is 21.8. The molecule has 2 heteroatoms. The topological polar surface area (TPSA) is 12.9 Å². The van der Waals surface area contributed by atoms with Crippen molar-refractivity contribution in [3.63, 3.8) is 0 Å². The molecule has 0 aliphatic carbocycles. The second-order valence-corrected chi connectivity index (χ2v) is 10.2. The lowest BCUT2D eigenvalue weighted by Gasteiger charge is -2.08. The molecule has 0 aliphatic rings. The number of hydrogen-bond acceptors (Lipinski definition) is 2. The lowest BCUT2D eigenvalue weighted by molar-refractivity contribution is 0.647. The summed E-state index contributed by atoms with van der Waals surface area (Å²) in [5.74, 6) is -0.122. The highest BCUT2D eigenvalue weighted by Gasteiger charge is 2.13. The molecule has 170 valence electrons. The van der Waals surface area contributed by atoms with Crippen LogP contribution in [0.5, 0.6) is 0 Å². The molecule has 0 fully saturated rings. The maximum Gasteiger partial charge on any atom is 0.0719 e. The van der Waals surface area contributed by atoms with Gasteiger partial charge in [-0.1, -0.05) is 98.8 Å². The Bertz CT molecular complexity index is 1720. The zero-order chi connectivity index (χ0) is 25.6. The second-order valence-electron chi connectivity index (χ2n) is 9.17. The summed E-state index contributed by atoms with van der Waals surface area (Å²) < 4.78 is 19.5. The van der Waals surface area contributed by atoms with Gasteiger partial charge in [0.1, 0.15) is 0 Å². The Balaban J connectivity index is 1.41. The van der Waals surface area contributed by atoms with Crippen LogP contribution in [0.15, 0.2) is 109 Å². The van der Waals surface area contributed by atoms with Crippen LogP contribution in [0.2, 0.25) is 0 Å². The van der Waals surface area contributed by atoms with Crippen molar-refractivity contribution in [3.05, 3.63) is 115 Å². The molecule has 0 unspecified atom stereocenters. The van der Waals surface area contributed by atoms with E-state index in [1.807, 2.05) is 26.0 Å². The number of rotatable bonds is 5. The fourth-order valence-electron chi connectivity index (χ4n) is 4.67. The highest BCUT2D eigenvalue weighted by molar-refractivity contribution is 7.26. The largest absolute Gasteiger partial charge is 0.256 e. The highest BCUT2D eigenvalue weighted by Crippen LogP contribution is 2.41. The summed E-state index contributed by atoms with van der Waals surface area (Å²) in [5.41, 5.74) is 7.38. The molecule has 0 bridgehead atoms. The number of nitrogens with zero attached hydrogens (tertiary/aromatic N) is 1. The lowest BCUT2D eigenvalue weighted by atomic mass is 9.99. The Morgan fingerprint density at radius 2 is 1.43 bits per heavy atom. The number of pyridine rings is 1. The molecule has 6 rings (SSSR count). The van der Waals surface area contributed by atoms with Crippen LogP contribution in [0.25, 0.3) is 53.7 Å². The third kappa shape index (κ3) is 4.26. The zero-order valence-corrected chi connectivity index (χ0v) is 20.6. The number of hydrogen-bond donors (Lipinski definition) is 0. The maximum absolute atomic E-state index is 8.54. The first-order valence-electron chi connectivity index (χ1n) is 13.0. The average molecular weight is 472 g/mol. The van der Waals surface area contributed by atoms with Crippen LogP contribution in [0.4, 0.5) is 0 Å². The molecular weight excluding hydrogens is 442 g/mol. The van der Waals surface area contributed by atoms with Crippen LogP contribution < -0.4 is 0 Å². The monoisotopic (exact) mass is 471 g/mol. The SMILES string of the molecule is [2H]C([2H])(c1ccnc(-c2cccc3c2sc2cc(-c4ccc(-c5ccccc5)cc4)ccc23)c1)C(C)C. The van der Waals surface area contributed by atoms with E-state index in [-0.39, 0.29) is 5.92 Å². The van der Waals surface area contributed by atoms with Gasteiger partial charge in [-0.15, -0.1) is 11.3 Å². The van der Waals surface area contributed by atoms with E-state index in [1.165, 1.54) is 42.4 Å². The average Bonchev–Trinajstić information content (AvgIpc) is 3.32. The first-order chi connectivity index (χ1) is 17.9. The Morgan fingerprint density at radius 1 is 0.714 bits per heavy atom. The molecule has 35 heavy (non-hydrogen) atoms. The number of aromatic nitrogens is 1. The van der Waals surface area contributed by atoms with E-state index in [1.54, 1.807) is 23.6 Å². The van der Waals surface area contributed by atoms with E-state index in [9.17, 15) is 0 Å². The van der Waals surface area contributed by atoms with E-state index in [0.29, 0.717) is 5.56 Å². The molecule has 0 spiro atoms. The molecule has 2 heterocycles. The molecule has 4 aromatic carbocycles. The van der Waals surface area contributed by atoms with Crippen molar-refractivity contribution >= 4 is 31.5 Å². The predicted octanol–water partition coefficient (Wildman–Crippen LogP) is 9.65. The number of benzene rings is 4. The normalized spacial score (nSPS) is 12.8. The van der Waals surface area contributed by atoms with Crippen molar-refractivity contribution in [2.24, 2.45) is 5.92 Å². The summed E-state index contributed by atoms with van der Waals surface area (Å²) in [6.07, 6.45) is 0.324. The maximum atomic E-state index is 8.54. The van der Waals surface area contributed by atoms with Crippen LogP contribution in [0, 0.1) is 5.92 Å². The van der Waals surface area contributed by atoms with Crippen molar-refractivity contribution in [1.29, 1.82) is 0 Å². The van der Waals surface area contributed by atoms with Gasteiger partial charge in [0.2, 0.25) is 0 Å². The van der Waals surface area contributed by atoms with Crippen molar-refractivity contribution in [2.75, 3.05) is 0 Å². The molecule has 0 amide bonds. The van der Waals surface area contributed by atoms with E-state index in [2.05, 4.69) is 89.9 Å². The van der Waals surface area contributed by atoms with Gasteiger partial charge >= 0.3 is 0 Å². The van der Waals surface area contributed by atoms with Crippen molar-refractivity contribution in [3.8, 4) is 33.5 Å². The lowest BCUT2D eigenvalue weighted by Crippen LogP contribution is -1.95. The van der Waals surface area contributed by atoms with Gasteiger partial charge < -0.3 is 0 Å². The Labute approximate surface area is 213 Å². The van der Waals surface area contributed by atoms with Crippen molar-refractivity contribution in [2.45, 2.75) is 20.2 Å². The van der Waals surface area contributed by atoms with Gasteiger partial charge in [0.15, 0.2) is 0 Å². The summed E-state index contributed by atoms with van der Waals surface area (Å²) in [6.45, 7) is 3.83. The molecule has 0 radical (unpaired) electrons. The number of thiophene rings is 1. The van der Waals surface area contributed by atoms with Gasteiger partial charge in [0.05, 0.1) is 5.69 Å². The fraction of sp³-hybridized carbons (Fsp3) is 0.121. The summed E-state index contributed by atoms with van der Waals surface area (Å²) in [5, 5.41) is 2.45. The Morgan fingerprint density at radius 3 is 2.20 bits per heavy atom. The minimum atomic E-state index is -1.41. The van der Waals surface area contributed by atoms with Crippen LogP contribution >= 0.6 is 11.3 Å². The smallest absolute Gasteiger partial charge is 0.0719 e. The molecule has 1 nitrogen and oxygen atoms in total. The third-order valence-corrected chi connectivity index (χ3v) is 7.52. The summed E-state index contributed by atoms with van der Waals surface area (Å²) in [6, 6.07) is 36.0. The minimum Gasteiger partial charge on any atom is -0.256 e. The first kappa shape index (κ1) is 19.5. The van der Waals surface area contributed by atoms with Gasteiger partial charge in [-0.05, 0) is 58.3 Å². The van der Waals surface area contributed by atoms with Gasteiger partial charge in [-0.25, -0.2) is 0 Å². The van der Waals surface area contributed by atoms with E-state index in [4.69, 9.17) is 2.74 Å². The summed E-state index contributed by atoms with van der Waals surface area (Å²) in [7, 11) is 0. The first-order valence-corrected chi connectivity index (χ1v) is 12.8. The third-order valence-electron chi connectivity index (χ3n) is 6.32. The molecule has 0 saturated heterocycles. The second kappa shape index (κ2) is 9.13. The van der Waals surface area contributed by atoms with Crippen LogP contribution in [-0.2, 0) is 6.37 Å². The van der Waals surface area contributed by atoms with E-state index < -0.39 is 6.37 Å². The van der Waals surface area contributed by atoms with Gasteiger partial charge in [0, 0.05) is 34.7 Å². The summed E-state index contributed by atoms with van der Waals surface area (Å²) in [4.78, 5) is 4.64. The minimum absolute atomic E-state index is 0.122. The quantitative estimate of drug-likeness (QED) is 0.244.